The molecule has 0 atom stereocenters. The molecule has 18 heavy (non-hydrogen) atoms. The number of Topliss-reactive ketones (excluding diaryl/α,β-unsaturated/α-hetero) is 1. The first-order valence-electron chi connectivity index (χ1n) is 5.46. The molecule has 2 rings (SSSR count). The topological polar surface area (TPSA) is 30.0 Å². The number of aryl methyl sites for hydroxylation is 1. The van der Waals surface area contributed by atoms with Crippen molar-refractivity contribution in [3.05, 3.63) is 65.0 Å². The molecule has 1 aromatic carbocycles. The van der Waals surface area contributed by atoms with Gasteiger partial charge in [0.2, 0.25) is 0 Å². The Morgan fingerprint density at radius 1 is 1.17 bits per heavy atom. The summed E-state index contributed by atoms with van der Waals surface area (Å²) in [7, 11) is 0. The largest absolute Gasteiger partial charge is 0.294 e. The van der Waals surface area contributed by atoms with Crippen LogP contribution in [0.2, 0.25) is 0 Å². The molecule has 92 valence electrons. The van der Waals surface area contributed by atoms with E-state index in [1.807, 2.05) is 6.92 Å². The molecule has 2 aromatic rings. The zero-order chi connectivity index (χ0) is 13.1. The monoisotopic (exact) mass is 247 g/mol. The van der Waals surface area contributed by atoms with Crippen molar-refractivity contribution in [1.82, 2.24) is 4.98 Å². The van der Waals surface area contributed by atoms with Gasteiger partial charge in [-0.05, 0) is 36.8 Å². The highest BCUT2D eigenvalue weighted by Crippen LogP contribution is 2.11. The van der Waals surface area contributed by atoms with Gasteiger partial charge in [-0.25, -0.2) is 8.78 Å². The van der Waals surface area contributed by atoms with E-state index in [-0.39, 0.29) is 12.2 Å². The lowest BCUT2D eigenvalue weighted by Crippen LogP contribution is -2.05. The quantitative estimate of drug-likeness (QED) is 0.780. The molecule has 0 spiro atoms. The SMILES string of the molecule is Cc1ccc(C(=O)Cc2ccc(F)c(F)c2)cn1. The average Bonchev–Trinajstić information content (AvgIpc) is 2.34. The standard InChI is InChI=1S/C14H11F2NO/c1-9-2-4-11(8-17-9)14(18)7-10-3-5-12(15)13(16)6-10/h2-6,8H,7H2,1H3. The summed E-state index contributed by atoms with van der Waals surface area (Å²) in [6.07, 6.45) is 1.51. The Kier molecular flexibility index (Phi) is 3.46. The number of carbonyl (C=O) groups excluding carboxylic acids is 1. The van der Waals surface area contributed by atoms with Crippen LogP contribution in [-0.2, 0) is 6.42 Å². The number of pyridine rings is 1. The zero-order valence-corrected chi connectivity index (χ0v) is 9.78. The van der Waals surface area contributed by atoms with Gasteiger partial charge < -0.3 is 0 Å². The molecule has 0 fully saturated rings. The molecule has 0 unspecified atom stereocenters. The van der Waals surface area contributed by atoms with Gasteiger partial charge in [0.15, 0.2) is 17.4 Å². The van der Waals surface area contributed by atoms with Gasteiger partial charge in [-0.3, -0.25) is 9.78 Å². The summed E-state index contributed by atoms with van der Waals surface area (Å²) in [4.78, 5) is 15.9. The second kappa shape index (κ2) is 5.04. The van der Waals surface area contributed by atoms with Gasteiger partial charge in [0, 0.05) is 23.9 Å². The highest BCUT2D eigenvalue weighted by atomic mass is 19.2. The van der Waals surface area contributed by atoms with Crippen LogP contribution in [-0.4, -0.2) is 10.8 Å². The molecule has 0 aliphatic rings. The minimum Gasteiger partial charge on any atom is -0.294 e. The number of halogens is 2. The van der Waals surface area contributed by atoms with E-state index < -0.39 is 11.6 Å². The number of benzene rings is 1. The third-order valence-corrected chi connectivity index (χ3v) is 2.58. The van der Waals surface area contributed by atoms with Gasteiger partial charge in [0.25, 0.3) is 0 Å². The second-order valence-corrected chi connectivity index (χ2v) is 4.04. The first kappa shape index (κ1) is 12.4. The fraction of sp³-hybridized carbons (Fsp3) is 0.143. The van der Waals surface area contributed by atoms with Crippen LogP contribution < -0.4 is 0 Å². The van der Waals surface area contributed by atoms with Gasteiger partial charge >= 0.3 is 0 Å². The Hall–Kier alpha value is -2.10. The molecule has 4 heteroatoms. The van der Waals surface area contributed by atoms with Crippen LogP contribution in [0, 0.1) is 18.6 Å². The first-order valence-corrected chi connectivity index (χ1v) is 5.46. The Morgan fingerprint density at radius 2 is 1.94 bits per heavy atom. The molecular weight excluding hydrogens is 236 g/mol. The maximum absolute atomic E-state index is 13.0. The lowest BCUT2D eigenvalue weighted by atomic mass is 10.0. The number of carbonyl (C=O) groups is 1. The van der Waals surface area contributed by atoms with Crippen molar-refractivity contribution in [2.24, 2.45) is 0 Å². The summed E-state index contributed by atoms with van der Waals surface area (Å²) >= 11 is 0. The highest BCUT2D eigenvalue weighted by Gasteiger charge is 2.09. The summed E-state index contributed by atoms with van der Waals surface area (Å²) in [6.45, 7) is 1.82. The lowest BCUT2D eigenvalue weighted by molar-refractivity contribution is 0.0992. The van der Waals surface area contributed by atoms with Crippen molar-refractivity contribution >= 4 is 5.78 Å². The van der Waals surface area contributed by atoms with Crippen LogP contribution in [0.25, 0.3) is 0 Å². The van der Waals surface area contributed by atoms with Gasteiger partial charge in [-0.2, -0.15) is 0 Å². The average molecular weight is 247 g/mol. The van der Waals surface area contributed by atoms with Crippen LogP contribution in [0.1, 0.15) is 21.6 Å². The molecule has 0 radical (unpaired) electrons. The van der Waals surface area contributed by atoms with E-state index in [9.17, 15) is 13.6 Å². The maximum atomic E-state index is 13.0. The van der Waals surface area contributed by atoms with Crippen molar-refractivity contribution < 1.29 is 13.6 Å². The molecule has 0 aliphatic carbocycles. The molecule has 1 heterocycles. The van der Waals surface area contributed by atoms with Crippen LogP contribution in [0.3, 0.4) is 0 Å². The molecule has 1 aromatic heterocycles. The van der Waals surface area contributed by atoms with Crippen LogP contribution >= 0.6 is 0 Å². The fourth-order valence-electron chi connectivity index (χ4n) is 1.57. The number of rotatable bonds is 3. The van der Waals surface area contributed by atoms with Crippen LogP contribution in [0.5, 0.6) is 0 Å². The summed E-state index contributed by atoms with van der Waals surface area (Å²) in [6, 6.07) is 6.86. The number of hydrogen-bond acceptors (Lipinski definition) is 2. The summed E-state index contributed by atoms with van der Waals surface area (Å²) in [5.74, 6) is -2.03. The fourth-order valence-corrected chi connectivity index (χ4v) is 1.57. The van der Waals surface area contributed by atoms with Crippen molar-refractivity contribution in [2.45, 2.75) is 13.3 Å². The molecule has 2 nitrogen and oxygen atoms in total. The number of aromatic nitrogens is 1. The number of ketones is 1. The molecule has 0 saturated heterocycles. The van der Waals surface area contributed by atoms with Gasteiger partial charge in [0.05, 0.1) is 0 Å². The van der Waals surface area contributed by atoms with Gasteiger partial charge in [0.1, 0.15) is 0 Å². The van der Waals surface area contributed by atoms with Gasteiger partial charge in [-0.15, -0.1) is 0 Å². The van der Waals surface area contributed by atoms with Crippen molar-refractivity contribution in [1.29, 1.82) is 0 Å². The first-order chi connectivity index (χ1) is 8.56. The molecule has 0 bridgehead atoms. The van der Waals surface area contributed by atoms with E-state index in [1.54, 1.807) is 12.1 Å². The number of hydrogen-bond donors (Lipinski definition) is 0. The Labute approximate surface area is 103 Å². The summed E-state index contributed by atoms with van der Waals surface area (Å²) in [5.41, 5.74) is 1.73. The Morgan fingerprint density at radius 3 is 2.56 bits per heavy atom. The zero-order valence-electron chi connectivity index (χ0n) is 9.78. The highest BCUT2D eigenvalue weighted by molar-refractivity contribution is 5.97. The molecule has 0 N–H and O–H groups in total. The normalized spacial score (nSPS) is 10.4. The predicted molar refractivity (Wildman–Crippen MR) is 63.4 cm³/mol. The van der Waals surface area contributed by atoms with E-state index >= 15 is 0 Å². The van der Waals surface area contributed by atoms with E-state index in [1.165, 1.54) is 12.3 Å². The van der Waals surface area contributed by atoms with E-state index in [0.717, 1.165) is 17.8 Å². The summed E-state index contributed by atoms with van der Waals surface area (Å²) in [5, 5.41) is 0. The molecular formula is C14H11F2NO. The molecule has 0 amide bonds. The third kappa shape index (κ3) is 2.77. The predicted octanol–water partition coefficient (Wildman–Crippen LogP) is 3.09. The molecule has 0 saturated carbocycles. The van der Waals surface area contributed by atoms with E-state index in [0.29, 0.717) is 11.1 Å². The lowest BCUT2D eigenvalue weighted by Gasteiger charge is -2.02. The number of nitrogens with zero attached hydrogens (tertiary/aromatic N) is 1. The smallest absolute Gasteiger partial charge is 0.168 e. The van der Waals surface area contributed by atoms with Crippen molar-refractivity contribution in [3.8, 4) is 0 Å². The second-order valence-electron chi connectivity index (χ2n) is 4.04. The Balaban J connectivity index is 2.16. The Bertz CT molecular complexity index is 579. The van der Waals surface area contributed by atoms with Crippen LogP contribution in [0.15, 0.2) is 36.5 Å². The third-order valence-electron chi connectivity index (χ3n) is 2.58. The van der Waals surface area contributed by atoms with E-state index in [2.05, 4.69) is 4.98 Å². The van der Waals surface area contributed by atoms with E-state index in [4.69, 9.17) is 0 Å². The molecule has 0 aliphatic heterocycles. The van der Waals surface area contributed by atoms with Crippen LogP contribution in [0.4, 0.5) is 8.78 Å². The minimum absolute atomic E-state index is 0.0297. The summed E-state index contributed by atoms with van der Waals surface area (Å²) < 4.78 is 25.7. The van der Waals surface area contributed by atoms with Crippen molar-refractivity contribution in [3.63, 3.8) is 0 Å². The van der Waals surface area contributed by atoms with Gasteiger partial charge in [-0.1, -0.05) is 6.07 Å². The minimum atomic E-state index is -0.942. The maximum Gasteiger partial charge on any atom is 0.168 e. The van der Waals surface area contributed by atoms with Crippen molar-refractivity contribution in [2.75, 3.05) is 0 Å².